The van der Waals surface area contributed by atoms with E-state index in [9.17, 15) is 0 Å². The van der Waals surface area contributed by atoms with E-state index in [1.165, 1.54) is 0 Å². The monoisotopic (exact) mass is 95.0 g/mol. The number of hydrogen-bond donors (Lipinski definition) is 1. The summed E-state index contributed by atoms with van der Waals surface area (Å²) in [6.45, 7) is 6.74. The lowest BCUT2D eigenvalue weighted by molar-refractivity contribution is 0.847. The van der Waals surface area contributed by atoms with Crippen molar-refractivity contribution in [2.24, 2.45) is 0 Å². The summed E-state index contributed by atoms with van der Waals surface area (Å²) in [4.78, 5) is 2.96. The molecule has 3 heteroatoms. The SMILES string of the molecule is [C-]#[N+]CNCC#N. The highest BCUT2D eigenvalue weighted by Crippen LogP contribution is 1.55. The van der Waals surface area contributed by atoms with Gasteiger partial charge in [-0.3, -0.25) is 4.85 Å². The Kier molecular flexibility index (Phi) is 4.19. The van der Waals surface area contributed by atoms with Gasteiger partial charge in [-0.15, -0.1) is 0 Å². The molecule has 0 aromatic rings. The van der Waals surface area contributed by atoms with Crippen LogP contribution in [0.25, 0.3) is 4.85 Å². The fourth-order valence-electron chi connectivity index (χ4n) is 0.168. The Morgan fingerprint density at radius 1 is 1.86 bits per heavy atom. The molecule has 0 atom stereocenters. The molecule has 0 fully saturated rings. The van der Waals surface area contributed by atoms with Gasteiger partial charge in [0.15, 0.2) is 0 Å². The van der Waals surface area contributed by atoms with E-state index in [1.807, 2.05) is 6.07 Å². The van der Waals surface area contributed by atoms with Gasteiger partial charge in [0.2, 0.25) is 0 Å². The zero-order valence-corrected chi connectivity index (χ0v) is 3.81. The van der Waals surface area contributed by atoms with Gasteiger partial charge in [-0.1, -0.05) is 0 Å². The van der Waals surface area contributed by atoms with Crippen LogP contribution < -0.4 is 5.32 Å². The van der Waals surface area contributed by atoms with E-state index in [0.29, 0.717) is 0 Å². The van der Waals surface area contributed by atoms with Gasteiger partial charge in [-0.25, -0.2) is 11.9 Å². The Hall–Kier alpha value is -1.06. The molecule has 3 nitrogen and oxygen atoms in total. The zero-order chi connectivity index (χ0) is 5.54. The van der Waals surface area contributed by atoms with E-state index in [2.05, 4.69) is 10.2 Å². The second-order valence-electron chi connectivity index (χ2n) is 0.901. The van der Waals surface area contributed by atoms with Gasteiger partial charge in [0, 0.05) is 0 Å². The second kappa shape index (κ2) is 4.94. The van der Waals surface area contributed by atoms with E-state index in [1.54, 1.807) is 0 Å². The zero-order valence-electron chi connectivity index (χ0n) is 3.81. The Morgan fingerprint density at radius 3 is 3.00 bits per heavy atom. The van der Waals surface area contributed by atoms with Crippen molar-refractivity contribution < 1.29 is 0 Å². The van der Waals surface area contributed by atoms with Gasteiger partial charge >= 0.3 is 0 Å². The highest BCUT2D eigenvalue weighted by atomic mass is 15.0. The van der Waals surface area contributed by atoms with Crippen LogP contribution in [0.4, 0.5) is 0 Å². The molecule has 0 amide bonds. The predicted molar refractivity (Wildman–Crippen MR) is 25.1 cm³/mol. The summed E-state index contributed by atoms with van der Waals surface area (Å²) in [6.07, 6.45) is 0. The van der Waals surface area contributed by atoms with Crippen LogP contribution in [0.3, 0.4) is 0 Å². The second-order valence-corrected chi connectivity index (χ2v) is 0.901. The summed E-state index contributed by atoms with van der Waals surface area (Å²) in [6, 6.07) is 1.85. The Morgan fingerprint density at radius 2 is 2.57 bits per heavy atom. The minimum Gasteiger partial charge on any atom is -0.300 e. The fourth-order valence-corrected chi connectivity index (χ4v) is 0.168. The molecule has 0 bridgehead atoms. The standard InChI is InChI=1S/C4H5N3/c1-6-4-7-3-2-5/h7H,3-4H2. The van der Waals surface area contributed by atoms with Crippen molar-refractivity contribution in [2.75, 3.05) is 13.2 Å². The molecule has 0 heterocycles. The van der Waals surface area contributed by atoms with Crippen LogP contribution in [0, 0.1) is 17.9 Å². The minimum atomic E-state index is 0.244. The molecule has 0 rings (SSSR count). The summed E-state index contributed by atoms with van der Waals surface area (Å²) in [5.74, 6) is 0. The van der Waals surface area contributed by atoms with E-state index < -0.39 is 0 Å². The number of nitrogens with zero attached hydrogens (tertiary/aromatic N) is 2. The number of rotatable bonds is 2. The van der Waals surface area contributed by atoms with E-state index in [4.69, 9.17) is 11.8 Å². The average Bonchev–Trinajstić information content (AvgIpc) is 1.69. The summed E-state index contributed by atoms with van der Waals surface area (Å²) in [5, 5.41) is 10.4. The lowest BCUT2D eigenvalue weighted by Gasteiger charge is -1.79. The summed E-state index contributed by atoms with van der Waals surface area (Å²) in [7, 11) is 0. The highest BCUT2D eigenvalue weighted by Gasteiger charge is 1.77. The van der Waals surface area contributed by atoms with Crippen LogP contribution in [0.2, 0.25) is 0 Å². The minimum absolute atomic E-state index is 0.244. The highest BCUT2D eigenvalue weighted by molar-refractivity contribution is 4.73. The van der Waals surface area contributed by atoms with Crippen molar-refractivity contribution in [2.45, 2.75) is 0 Å². The molecule has 36 valence electrons. The molecule has 0 aliphatic heterocycles. The number of nitrogens with one attached hydrogen (secondary N) is 1. The summed E-state index contributed by atoms with van der Waals surface area (Å²) >= 11 is 0. The molecule has 0 aromatic carbocycles. The molecule has 0 saturated heterocycles. The van der Waals surface area contributed by atoms with Gasteiger partial charge in [0.1, 0.15) is 0 Å². The van der Waals surface area contributed by atoms with Gasteiger partial charge in [-0.2, -0.15) is 5.26 Å². The molecule has 0 aromatic heterocycles. The normalized spacial score (nSPS) is 6.57. The molecule has 0 aliphatic carbocycles. The average molecular weight is 95.1 g/mol. The van der Waals surface area contributed by atoms with Crippen molar-refractivity contribution in [3.05, 3.63) is 11.4 Å². The Bertz CT molecular complexity index is 91.1. The van der Waals surface area contributed by atoms with Crippen molar-refractivity contribution in [1.82, 2.24) is 5.32 Å². The summed E-state index contributed by atoms with van der Waals surface area (Å²) < 4.78 is 0. The summed E-state index contributed by atoms with van der Waals surface area (Å²) in [5.41, 5.74) is 0. The lowest BCUT2D eigenvalue weighted by Crippen LogP contribution is -2.11. The first-order valence-electron chi connectivity index (χ1n) is 1.82. The maximum absolute atomic E-state index is 7.88. The molecule has 0 radical (unpaired) electrons. The van der Waals surface area contributed by atoms with Crippen LogP contribution in [0.1, 0.15) is 0 Å². The fraction of sp³-hybridized carbons (Fsp3) is 0.500. The van der Waals surface area contributed by atoms with Crippen molar-refractivity contribution in [3.8, 4) is 6.07 Å². The Labute approximate surface area is 42.4 Å². The van der Waals surface area contributed by atoms with Crippen molar-refractivity contribution in [1.29, 1.82) is 5.26 Å². The molecule has 0 unspecified atom stereocenters. The topological polar surface area (TPSA) is 40.2 Å². The molecule has 0 aliphatic rings. The largest absolute Gasteiger partial charge is 0.300 e. The van der Waals surface area contributed by atoms with Crippen LogP contribution in [-0.4, -0.2) is 13.2 Å². The smallest absolute Gasteiger partial charge is 0.269 e. The van der Waals surface area contributed by atoms with Crippen LogP contribution >= 0.6 is 0 Å². The van der Waals surface area contributed by atoms with Gasteiger partial charge in [0.05, 0.1) is 12.6 Å². The molecule has 7 heavy (non-hydrogen) atoms. The first-order chi connectivity index (χ1) is 3.41. The number of hydrogen-bond acceptors (Lipinski definition) is 2. The molecule has 0 saturated carbocycles. The third kappa shape index (κ3) is 4.94. The van der Waals surface area contributed by atoms with Gasteiger partial charge in [-0.05, 0) is 0 Å². The van der Waals surface area contributed by atoms with Crippen LogP contribution in [0.15, 0.2) is 0 Å². The van der Waals surface area contributed by atoms with Crippen molar-refractivity contribution >= 4 is 0 Å². The van der Waals surface area contributed by atoms with Crippen molar-refractivity contribution in [3.63, 3.8) is 0 Å². The molecular formula is C4H5N3. The van der Waals surface area contributed by atoms with E-state index in [-0.39, 0.29) is 13.2 Å². The van der Waals surface area contributed by atoms with Crippen LogP contribution in [0.5, 0.6) is 0 Å². The third-order valence-corrected chi connectivity index (χ3v) is 0.395. The maximum atomic E-state index is 7.88. The van der Waals surface area contributed by atoms with E-state index in [0.717, 1.165) is 0 Å². The van der Waals surface area contributed by atoms with Gasteiger partial charge < -0.3 is 0 Å². The van der Waals surface area contributed by atoms with Crippen LogP contribution in [-0.2, 0) is 0 Å². The molecule has 0 spiro atoms. The Balaban J connectivity index is 2.77. The molecule has 1 N–H and O–H groups in total. The quantitative estimate of drug-likeness (QED) is 0.297. The predicted octanol–water partition coefficient (Wildman–Crippen LogP) is -0.0236. The third-order valence-electron chi connectivity index (χ3n) is 0.395. The first kappa shape index (κ1) is 5.94. The molecular weight excluding hydrogens is 90.1 g/mol. The maximum Gasteiger partial charge on any atom is 0.269 e. The number of nitriles is 1. The first-order valence-corrected chi connectivity index (χ1v) is 1.82. The van der Waals surface area contributed by atoms with E-state index >= 15 is 0 Å². The van der Waals surface area contributed by atoms with Gasteiger partial charge in [0.25, 0.3) is 6.67 Å². The lowest BCUT2D eigenvalue weighted by atomic mass is 10.7.